The van der Waals surface area contributed by atoms with Gasteiger partial charge in [-0.05, 0) is 68.7 Å². The van der Waals surface area contributed by atoms with E-state index < -0.39 is 0 Å². The predicted molar refractivity (Wildman–Crippen MR) is 127 cm³/mol. The number of hydrogen-bond acceptors (Lipinski definition) is 2. The Morgan fingerprint density at radius 2 is 1.70 bits per heavy atom. The molecular weight excluding hydrogens is 388 g/mol. The van der Waals surface area contributed by atoms with Crippen molar-refractivity contribution in [2.45, 2.75) is 46.7 Å². The molecule has 30 heavy (non-hydrogen) atoms. The monoisotopic (exact) mass is 418 g/mol. The molecule has 1 aromatic carbocycles. The van der Waals surface area contributed by atoms with Gasteiger partial charge in [0.15, 0.2) is 5.11 Å². The number of para-hydroxylation sites is 1. The Morgan fingerprint density at radius 1 is 1.00 bits per heavy atom. The third-order valence-corrected chi connectivity index (χ3v) is 6.43. The fourth-order valence-electron chi connectivity index (χ4n) is 4.72. The zero-order valence-electron chi connectivity index (χ0n) is 18.4. The van der Waals surface area contributed by atoms with Gasteiger partial charge in [0.05, 0.1) is 17.8 Å². The molecule has 5 heteroatoms. The molecule has 0 bridgehead atoms. The van der Waals surface area contributed by atoms with Crippen LogP contribution in [-0.4, -0.2) is 26.1 Å². The lowest BCUT2D eigenvalue weighted by Gasteiger charge is -2.30. The van der Waals surface area contributed by atoms with Gasteiger partial charge < -0.3 is 14.8 Å². The molecule has 2 atom stereocenters. The van der Waals surface area contributed by atoms with Gasteiger partial charge in [0.2, 0.25) is 0 Å². The molecule has 4 rings (SSSR count). The fourth-order valence-corrected chi connectivity index (χ4v) is 5.03. The van der Waals surface area contributed by atoms with Crippen LogP contribution in [0, 0.1) is 26.7 Å². The van der Waals surface area contributed by atoms with Gasteiger partial charge in [-0.1, -0.05) is 38.1 Å². The van der Waals surface area contributed by atoms with Crippen molar-refractivity contribution in [3.8, 4) is 5.69 Å². The van der Waals surface area contributed by atoms with Crippen LogP contribution in [0.2, 0.25) is 0 Å². The van der Waals surface area contributed by atoms with Crippen molar-refractivity contribution in [2.75, 3.05) is 6.54 Å². The first-order chi connectivity index (χ1) is 14.4. The number of rotatable bonds is 5. The second-order valence-electron chi connectivity index (χ2n) is 8.55. The lowest BCUT2D eigenvalue weighted by atomic mass is 9.93. The highest BCUT2D eigenvalue weighted by Crippen LogP contribution is 2.43. The van der Waals surface area contributed by atoms with Crippen molar-refractivity contribution in [1.29, 1.82) is 0 Å². The van der Waals surface area contributed by atoms with E-state index >= 15 is 0 Å². The highest BCUT2D eigenvalue weighted by Gasteiger charge is 2.42. The third-order valence-electron chi connectivity index (χ3n) is 6.08. The maximum absolute atomic E-state index is 5.81. The minimum absolute atomic E-state index is 0.0286. The van der Waals surface area contributed by atoms with Gasteiger partial charge in [0.25, 0.3) is 0 Å². The summed E-state index contributed by atoms with van der Waals surface area (Å²) in [5, 5.41) is 4.40. The Morgan fingerprint density at radius 3 is 2.33 bits per heavy atom. The summed E-state index contributed by atoms with van der Waals surface area (Å²) < 4.78 is 2.37. The molecule has 0 spiro atoms. The quantitative estimate of drug-likeness (QED) is 0.561. The molecule has 2 aromatic heterocycles. The van der Waals surface area contributed by atoms with E-state index in [9.17, 15) is 0 Å². The van der Waals surface area contributed by atoms with E-state index in [1.807, 2.05) is 12.3 Å². The van der Waals surface area contributed by atoms with E-state index in [1.54, 1.807) is 0 Å². The van der Waals surface area contributed by atoms with Crippen LogP contribution in [0.25, 0.3) is 5.69 Å². The molecule has 0 saturated carbocycles. The second kappa shape index (κ2) is 8.23. The van der Waals surface area contributed by atoms with Gasteiger partial charge in [-0.15, -0.1) is 0 Å². The zero-order chi connectivity index (χ0) is 21.4. The van der Waals surface area contributed by atoms with Gasteiger partial charge in [-0.3, -0.25) is 4.98 Å². The maximum atomic E-state index is 5.81. The number of nitrogens with one attached hydrogen (secondary N) is 1. The van der Waals surface area contributed by atoms with Crippen molar-refractivity contribution in [3.05, 3.63) is 82.9 Å². The normalized spacial score (nSPS) is 18.9. The lowest BCUT2D eigenvalue weighted by Crippen LogP contribution is -2.33. The molecule has 0 amide bonds. The Hall–Kier alpha value is -2.66. The Bertz CT molecular complexity index is 1040. The van der Waals surface area contributed by atoms with Crippen LogP contribution in [0.3, 0.4) is 0 Å². The summed E-state index contributed by atoms with van der Waals surface area (Å²) in [4.78, 5) is 7.04. The molecule has 1 saturated heterocycles. The predicted octanol–water partition coefficient (Wildman–Crippen LogP) is 5.43. The minimum Gasteiger partial charge on any atom is -0.352 e. The number of hydrogen-bond donors (Lipinski definition) is 1. The summed E-state index contributed by atoms with van der Waals surface area (Å²) in [6.45, 7) is 12.1. The van der Waals surface area contributed by atoms with Crippen LogP contribution in [0.15, 0.2) is 54.7 Å². The Balaban J connectivity index is 1.89. The molecule has 3 aromatic rings. The van der Waals surface area contributed by atoms with Crippen molar-refractivity contribution >= 4 is 17.3 Å². The first-order valence-electron chi connectivity index (χ1n) is 10.6. The standard InChI is InChI=1S/C25H30N4S/c1-16(2)15-28-24(23(27-25(28)30)21-13-9-10-14-26-21)22-17(3)18(4)29(19(22)5)20-11-7-6-8-12-20/h6-14,16,23-24H,15H2,1-5H3,(H,27,30)/t23-,24+/m1/s1. The maximum Gasteiger partial charge on any atom is 0.170 e. The Labute approximate surface area is 184 Å². The van der Waals surface area contributed by atoms with Crippen LogP contribution >= 0.6 is 12.2 Å². The summed E-state index contributed by atoms with van der Waals surface area (Å²) in [6.07, 6.45) is 1.86. The van der Waals surface area contributed by atoms with Crippen LogP contribution in [0.4, 0.5) is 0 Å². The first kappa shape index (κ1) is 20.6. The van der Waals surface area contributed by atoms with Crippen molar-refractivity contribution in [2.24, 2.45) is 5.92 Å². The van der Waals surface area contributed by atoms with Crippen LogP contribution in [0.5, 0.6) is 0 Å². The molecule has 1 fully saturated rings. The number of pyridine rings is 1. The molecule has 1 N–H and O–H groups in total. The van der Waals surface area contributed by atoms with Gasteiger partial charge in [0, 0.05) is 35.4 Å². The fraction of sp³-hybridized carbons (Fsp3) is 0.360. The van der Waals surface area contributed by atoms with Gasteiger partial charge in [-0.2, -0.15) is 0 Å². The zero-order valence-corrected chi connectivity index (χ0v) is 19.2. The van der Waals surface area contributed by atoms with Gasteiger partial charge in [0.1, 0.15) is 0 Å². The van der Waals surface area contributed by atoms with Crippen LogP contribution in [-0.2, 0) is 0 Å². The highest BCUT2D eigenvalue weighted by molar-refractivity contribution is 7.80. The van der Waals surface area contributed by atoms with Crippen molar-refractivity contribution < 1.29 is 0 Å². The van der Waals surface area contributed by atoms with E-state index in [0.29, 0.717) is 5.92 Å². The van der Waals surface area contributed by atoms with Gasteiger partial charge >= 0.3 is 0 Å². The summed E-state index contributed by atoms with van der Waals surface area (Å²) in [6, 6.07) is 16.8. The Kier molecular flexibility index (Phi) is 5.65. The summed E-state index contributed by atoms with van der Waals surface area (Å²) >= 11 is 5.81. The smallest absolute Gasteiger partial charge is 0.170 e. The SMILES string of the molecule is Cc1c([C@H]2[C@@H](c3ccccn3)NC(=S)N2CC(C)C)c(C)n(-c2ccccc2)c1C. The van der Waals surface area contributed by atoms with E-state index in [1.165, 1.54) is 28.2 Å². The molecule has 1 aliphatic rings. The van der Waals surface area contributed by atoms with Crippen molar-refractivity contribution in [1.82, 2.24) is 19.8 Å². The number of aromatic nitrogens is 2. The van der Waals surface area contributed by atoms with E-state index in [0.717, 1.165) is 17.4 Å². The molecule has 3 heterocycles. The first-order valence-corrected chi connectivity index (χ1v) is 11.0. The molecule has 1 aliphatic heterocycles. The summed E-state index contributed by atoms with van der Waals surface area (Å²) in [7, 11) is 0. The van der Waals surface area contributed by atoms with Gasteiger partial charge in [-0.25, -0.2) is 0 Å². The number of benzene rings is 1. The average Bonchev–Trinajstić information content (AvgIpc) is 3.16. The van der Waals surface area contributed by atoms with E-state index in [-0.39, 0.29) is 12.1 Å². The number of nitrogens with zero attached hydrogens (tertiary/aromatic N) is 3. The molecule has 4 nitrogen and oxygen atoms in total. The molecule has 0 radical (unpaired) electrons. The summed E-state index contributed by atoms with van der Waals surface area (Å²) in [5.41, 5.74) is 7.43. The van der Waals surface area contributed by atoms with E-state index in [2.05, 4.69) is 96.9 Å². The highest BCUT2D eigenvalue weighted by atomic mass is 32.1. The minimum atomic E-state index is 0.0286. The second-order valence-corrected chi connectivity index (χ2v) is 8.94. The number of thiocarbonyl (C=S) groups is 1. The topological polar surface area (TPSA) is 33.1 Å². The van der Waals surface area contributed by atoms with Crippen LogP contribution in [0.1, 0.15) is 54.1 Å². The van der Waals surface area contributed by atoms with Crippen molar-refractivity contribution in [3.63, 3.8) is 0 Å². The summed E-state index contributed by atoms with van der Waals surface area (Å²) in [5.74, 6) is 0.507. The van der Waals surface area contributed by atoms with E-state index in [4.69, 9.17) is 12.2 Å². The molecule has 0 unspecified atom stereocenters. The average molecular weight is 419 g/mol. The third kappa shape index (κ3) is 3.52. The molecular formula is C25H30N4S. The van der Waals surface area contributed by atoms with Crippen LogP contribution < -0.4 is 5.32 Å². The largest absolute Gasteiger partial charge is 0.352 e. The molecule has 0 aliphatic carbocycles. The lowest BCUT2D eigenvalue weighted by molar-refractivity contribution is 0.286. The molecule has 156 valence electrons.